The van der Waals surface area contributed by atoms with E-state index in [1.165, 1.54) is 12.1 Å². The minimum atomic E-state index is -0.391. The molecular formula is C15H15NO3S. The smallest absolute Gasteiger partial charge is 0.269 e. The first-order chi connectivity index (χ1) is 9.51. The molecular weight excluding hydrogens is 274 g/mol. The summed E-state index contributed by atoms with van der Waals surface area (Å²) in [5.74, 6) is 0.841. The van der Waals surface area contributed by atoms with Gasteiger partial charge >= 0.3 is 0 Å². The van der Waals surface area contributed by atoms with Crippen LogP contribution in [0, 0.1) is 24.0 Å². The van der Waals surface area contributed by atoms with Gasteiger partial charge in [0.15, 0.2) is 0 Å². The van der Waals surface area contributed by atoms with Crippen molar-refractivity contribution >= 4 is 17.4 Å². The lowest BCUT2D eigenvalue weighted by molar-refractivity contribution is -0.384. The Bertz CT molecular complexity index is 615. The maximum Gasteiger partial charge on any atom is 0.269 e. The number of methoxy groups -OCH3 is 1. The predicted octanol–water partition coefficient (Wildman–Crippen LogP) is 4.37. The molecule has 0 spiro atoms. The van der Waals surface area contributed by atoms with Gasteiger partial charge in [0, 0.05) is 21.9 Å². The van der Waals surface area contributed by atoms with Crippen LogP contribution in [0.5, 0.6) is 5.75 Å². The van der Waals surface area contributed by atoms with E-state index >= 15 is 0 Å². The molecule has 0 atom stereocenters. The lowest BCUT2D eigenvalue weighted by atomic mass is 10.1. The van der Waals surface area contributed by atoms with Gasteiger partial charge in [0.25, 0.3) is 5.69 Å². The Balaban J connectivity index is 2.28. The molecule has 0 saturated carbocycles. The monoisotopic (exact) mass is 289 g/mol. The SMILES string of the molecule is COc1cc(C)c(Sc2ccc([N+](=O)[O-])cc2)c(C)c1. The number of benzene rings is 2. The van der Waals surface area contributed by atoms with Crippen molar-refractivity contribution in [3.63, 3.8) is 0 Å². The van der Waals surface area contributed by atoms with Crippen molar-refractivity contribution in [1.29, 1.82) is 0 Å². The third kappa shape index (κ3) is 3.11. The van der Waals surface area contributed by atoms with E-state index in [0.29, 0.717) is 0 Å². The van der Waals surface area contributed by atoms with E-state index in [4.69, 9.17) is 4.74 Å². The van der Waals surface area contributed by atoms with Crippen LogP contribution in [0.4, 0.5) is 5.69 Å². The second-order valence-corrected chi connectivity index (χ2v) is 5.53. The molecule has 5 heteroatoms. The molecule has 0 aliphatic rings. The summed E-state index contributed by atoms with van der Waals surface area (Å²) in [7, 11) is 1.65. The zero-order valence-electron chi connectivity index (χ0n) is 11.5. The third-order valence-corrected chi connectivity index (χ3v) is 4.29. The molecule has 0 fully saturated rings. The molecule has 0 aliphatic heterocycles. The maximum atomic E-state index is 10.6. The largest absolute Gasteiger partial charge is 0.497 e. The minimum absolute atomic E-state index is 0.109. The van der Waals surface area contributed by atoms with E-state index in [-0.39, 0.29) is 5.69 Å². The van der Waals surface area contributed by atoms with E-state index < -0.39 is 4.92 Å². The van der Waals surface area contributed by atoms with E-state index in [1.54, 1.807) is 31.0 Å². The Morgan fingerprint density at radius 2 is 1.65 bits per heavy atom. The molecule has 0 saturated heterocycles. The highest BCUT2D eigenvalue weighted by Gasteiger charge is 2.09. The van der Waals surface area contributed by atoms with Gasteiger partial charge in [-0.2, -0.15) is 0 Å². The minimum Gasteiger partial charge on any atom is -0.497 e. The van der Waals surface area contributed by atoms with Crippen molar-refractivity contribution < 1.29 is 9.66 Å². The Hall–Kier alpha value is -2.01. The van der Waals surface area contributed by atoms with Gasteiger partial charge in [0.2, 0.25) is 0 Å². The molecule has 0 bridgehead atoms. The van der Waals surface area contributed by atoms with Gasteiger partial charge < -0.3 is 4.74 Å². The van der Waals surface area contributed by atoms with Crippen molar-refractivity contribution in [2.24, 2.45) is 0 Å². The van der Waals surface area contributed by atoms with Crippen LogP contribution in [0.3, 0.4) is 0 Å². The van der Waals surface area contributed by atoms with Gasteiger partial charge in [-0.05, 0) is 49.2 Å². The predicted molar refractivity (Wildman–Crippen MR) is 79.7 cm³/mol. The number of hydrogen-bond donors (Lipinski definition) is 0. The molecule has 4 nitrogen and oxygen atoms in total. The molecule has 0 aromatic heterocycles. The summed E-state index contributed by atoms with van der Waals surface area (Å²) < 4.78 is 5.24. The maximum absolute atomic E-state index is 10.6. The first-order valence-electron chi connectivity index (χ1n) is 6.09. The van der Waals surface area contributed by atoms with Gasteiger partial charge in [0.05, 0.1) is 12.0 Å². The lowest BCUT2D eigenvalue weighted by Gasteiger charge is -2.11. The van der Waals surface area contributed by atoms with Crippen LogP contribution in [0.2, 0.25) is 0 Å². The van der Waals surface area contributed by atoms with E-state index in [0.717, 1.165) is 26.7 Å². The number of nitro groups is 1. The fourth-order valence-corrected chi connectivity index (χ4v) is 2.89. The number of ether oxygens (including phenoxy) is 1. The molecule has 0 unspecified atom stereocenters. The van der Waals surface area contributed by atoms with Crippen LogP contribution in [0.1, 0.15) is 11.1 Å². The van der Waals surface area contributed by atoms with Crippen LogP contribution >= 0.6 is 11.8 Å². The molecule has 2 rings (SSSR count). The second kappa shape index (κ2) is 5.96. The first-order valence-corrected chi connectivity index (χ1v) is 6.90. The summed E-state index contributed by atoms with van der Waals surface area (Å²) in [5, 5.41) is 10.6. The molecule has 2 aromatic rings. The summed E-state index contributed by atoms with van der Waals surface area (Å²) in [6, 6.07) is 10.6. The Labute approximate surface area is 121 Å². The van der Waals surface area contributed by atoms with Crippen molar-refractivity contribution in [3.05, 3.63) is 57.6 Å². The summed E-state index contributed by atoms with van der Waals surface area (Å²) in [4.78, 5) is 12.4. The number of hydrogen-bond acceptors (Lipinski definition) is 4. The molecule has 0 radical (unpaired) electrons. The van der Waals surface area contributed by atoms with E-state index in [2.05, 4.69) is 0 Å². The van der Waals surface area contributed by atoms with Gasteiger partial charge in [-0.1, -0.05) is 11.8 Å². The first kappa shape index (κ1) is 14.4. The van der Waals surface area contributed by atoms with E-state index in [9.17, 15) is 10.1 Å². The van der Waals surface area contributed by atoms with Crippen LogP contribution in [-0.4, -0.2) is 12.0 Å². The molecule has 0 aliphatic carbocycles. The van der Waals surface area contributed by atoms with Crippen LogP contribution < -0.4 is 4.74 Å². The number of rotatable bonds is 4. The summed E-state index contributed by atoms with van der Waals surface area (Å²) in [6.07, 6.45) is 0. The van der Waals surface area contributed by atoms with Crippen LogP contribution in [0.25, 0.3) is 0 Å². The average Bonchev–Trinajstić information content (AvgIpc) is 2.43. The lowest BCUT2D eigenvalue weighted by Crippen LogP contribution is -1.90. The quantitative estimate of drug-likeness (QED) is 0.619. The number of non-ortho nitro benzene ring substituents is 1. The number of aryl methyl sites for hydroxylation is 2. The Morgan fingerprint density at radius 1 is 1.10 bits per heavy atom. The molecule has 20 heavy (non-hydrogen) atoms. The molecule has 2 aromatic carbocycles. The normalized spacial score (nSPS) is 10.3. The molecule has 0 N–H and O–H groups in total. The Kier molecular flexibility index (Phi) is 4.29. The zero-order chi connectivity index (χ0) is 14.7. The molecule has 0 amide bonds. The van der Waals surface area contributed by atoms with Gasteiger partial charge in [-0.25, -0.2) is 0 Å². The fraction of sp³-hybridized carbons (Fsp3) is 0.200. The topological polar surface area (TPSA) is 52.4 Å². The zero-order valence-corrected chi connectivity index (χ0v) is 12.4. The summed E-state index contributed by atoms with van der Waals surface area (Å²) >= 11 is 1.60. The van der Waals surface area contributed by atoms with Crippen molar-refractivity contribution in [3.8, 4) is 5.75 Å². The summed E-state index contributed by atoms with van der Waals surface area (Å²) in [6.45, 7) is 4.06. The molecule has 0 heterocycles. The highest BCUT2D eigenvalue weighted by atomic mass is 32.2. The Morgan fingerprint density at radius 3 is 2.10 bits per heavy atom. The van der Waals surface area contributed by atoms with Gasteiger partial charge in [-0.15, -0.1) is 0 Å². The number of nitrogens with zero attached hydrogens (tertiary/aromatic N) is 1. The highest BCUT2D eigenvalue weighted by Crippen LogP contribution is 2.35. The van der Waals surface area contributed by atoms with Crippen LogP contribution in [-0.2, 0) is 0 Å². The van der Waals surface area contributed by atoms with Crippen molar-refractivity contribution in [2.45, 2.75) is 23.6 Å². The van der Waals surface area contributed by atoms with Crippen LogP contribution in [0.15, 0.2) is 46.2 Å². The third-order valence-electron chi connectivity index (χ3n) is 2.94. The van der Waals surface area contributed by atoms with Gasteiger partial charge in [0.1, 0.15) is 5.75 Å². The highest BCUT2D eigenvalue weighted by molar-refractivity contribution is 7.99. The van der Waals surface area contributed by atoms with Gasteiger partial charge in [-0.3, -0.25) is 10.1 Å². The van der Waals surface area contributed by atoms with Crippen molar-refractivity contribution in [2.75, 3.05) is 7.11 Å². The fourth-order valence-electron chi connectivity index (χ4n) is 1.94. The average molecular weight is 289 g/mol. The van der Waals surface area contributed by atoms with E-state index in [1.807, 2.05) is 26.0 Å². The van der Waals surface area contributed by atoms with Crippen molar-refractivity contribution in [1.82, 2.24) is 0 Å². The number of nitro benzene ring substituents is 1. The second-order valence-electron chi connectivity index (χ2n) is 4.44. The molecule has 104 valence electrons. The standard InChI is InChI=1S/C15H15NO3S/c1-10-8-13(19-3)9-11(2)15(10)20-14-6-4-12(5-7-14)16(17)18/h4-9H,1-3H3. The summed E-state index contributed by atoms with van der Waals surface area (Å²) in [5.41, 5.74) is 2.37.